The summed E-state index contributed by atoms with van der Waals surface area (Å²) in [6, 6.07) is 15.9. The van der Waals surface area contributed by atoms with Crippen LogP contribution < -0.4 is 5.32 Å². The molecule has 2 unspecified atom stereocenters. The summed E-state index contributed by atoms with van der Waals surface area (Å²) in [5.41, 5.74) is 3.30. The third-order valence-corrected chi connectivity index (χ3v) is 4.82. The Bertz CT molecular complexity index is 744. The smallest absolute Gasteiger partial charge is 0.224 e. The van der Waals surface area contributed by atoms with E-state index < -0.39 is 0 Å². The highest BCUT2D eigenvalue weighted by Crippen LogP contribution is 2.49. The van der Waals surface area contributed by atoms with Gasteiger partial charge in [0.25, 0.3) is 0 Å². The molecule has 1 aliphatic carbocycles. The van der Waals surface area contributed by atoms with Crippen molar-refractivity contribution in [1.29, 1.82) is 0 Å². The molecule has 0 radical (unpaired) electrons. The van der Waals surface area contributed by atoms with Crippen LogP contribution in [0.25, 0.3) is 0 Å². The Balaban J connectivity index is 1.52. The molecule has 1 aliphatic rings. The number of amides is 1. The van der Waals surface area contributed by atoms with E-state index >= 15 is 0 Å². The van der Waals surface area contributed by atoms with Crippen LogP contribution in [0.4, 0.5) is 0 Å². The van der Waals surface area contributed by atoms with E-state index in [2.05, 4.69) is 11.4 Å². The highest BCUT2D eigenvalue weighted by molar-refractivity contribution is 6.31. The summed E-state index contributed by atoms with van der Waals surface area (Å²) in [5, 5.41) is 3.80. The summed E-state index contributed by atoms with van der Waals surface area (Å²) in [6.45, 7) is 5.18. The number of carbonyl (C=O) groups is 1. The molecule has 1 fully saturated rings. The Labute approximate surface area is 154 Å². The highest BCUT2D eigenvalue weighted by Gasteiger charge is 2.44. The summed E-state index contributed by atoms with van der Waals surface area (Å²) < 4.78 is 5.63. The number of benzene rings is 2. The lowest BCUT2D eigenvalue weighted by molar-refractivity contribution is -0.122. The van der Waals surface area contributed by atoms with Crippen LogP contribution in [0.2, 0.25) is 5.02 Å². The minimum absolute atomic E-state index is 0.0346. The second kappa shape index (κ2) is 8.03. The average Bonchev–Trinajstić information content (AvgIpc) is 3.39. The molecule has 0 aliphatic heterocycles. The molecule has 0 saturated heterocycles. The zero-order valence-corrected chi connectivity index (χ0v) is 15.4. The van der Waals surface area contributed by atoms with Gasteiger partial charge in [-0.25, -0.2) is 0 Å². The number of nitrogens with one attached hydrogen (secondary N) is 1. The molecule has 25 heavy (non-hydrogen) atoms. The molecular formula is C21H24ClNO2. The van der Waals surface area contributed by atoms with Gasteiger partial charge in [-0.1, -0.05) is 54.1 Å². The second-order valence-corrected chi connectivity index (χ2v) is 7.27. The van der Waals surface area contributed by atoms with Gasteiger partial charge in [-0.15, -0.1) is 0 Å². The normalized spacial score (nSPS) is 19.0. The zero-order chi connectivity index (χ0) is 17.8. The Hall–Kier alpha value is -1.84. The molecule has 2 aromatic rings. The lowest BCUT2D eigenvalue weighted by Crippen LogP contribution is -2.25. The minimum Gasteiger partial charge on any atom is -0.374 e. The summed E-state index contributed by atoms with van der Waals surface area (Å²) >= 11 is 6.23. The van der Waals surface area contributed by atoms with Crippen molar-refractivity contribution in [3.05, 3.63) is 70.2 Å². The van der Waals surface area contributed by atoms with E-state index in [0.29, 0.717) is 13.2 Å². The third kappa shape index (κ3) is 4.83. The van der Waals surface area contributed by atoms with Gasteiger partial charge in [0.1, 0.15) is 0 Å². The first-order valence-electron chi connectivity index (χ1n) is 8.76. The summed E-state index contributed by atoms with van der Waals surface area (Å²) in [5.74, 6) is 0.389. The first kappa shape index (κ1) is 18.0. The van der Waals surface area contributed by atoms with Crippen molar-refractivity contribution >= 4 is 17.5 Å². The molecule has 2 atom stereocenters. The molecule has 0 aromatic heterocycles. The minimum atomic E-state index is 0.0346. The molecule has 3 rings (SSSR count). The van der Waals surface area contributed by atoms with Gasteiger partial charge in [0.15, 0.2) is 0 Å². The fourth-order valence-electron chi connectivity index (χ4n) is 3.02. The van der Waals surface area contributed by atoms with E-state index in [1.807, 2.05) is 56.3 Å². The Morgan fingerprint density at radius 2 is 1.96 bits per heavy atom. The van der Waals surface area contributed by atoms with Gasteiger partial charge in [0.05, 0.1) is 12.7 Å². The predicted octanol–water partition coefficient (Wildman–Crippen LogP) is 4.68. The van der Waals surface area contributed by atoms with Crippen molar-refractivity contribution < 1.29 is 9.53 Å². The maximum absolute atomic E-state index is 12.4. The van der Waals surface area contributed by atoms with Crippen molar-refractivity contribution in [2.45, 2.75) is 45.4 Å². The number of carbonyl (C=O) groups excluding carboxylic acids is 1. The van der Waals surface area contributed by atoms with Gasteiger partial charge in [0, 0.05) is 17.5 Å². The van der Waals surface area contributed by atoms with Crippen molar-refractivity contribution in [3.63, 3.8) is 0 Å². The largest absolute Gasteiger partial charge is 0.374 e. The molecule has 4 heteroatoms. The SMILES string of the molecule is CC(C)OCc1cccc(CNC(=O)C2CC2c2ccccc2Cl)c1. The van der Waals surface area contributed by atoms with Gasteiger partial charge < -0.3 is 10.1 Å². The lowest BCUT2D eigenvalue weighted by Gasteiger charge is -2.10. The van der Waals surface area contributed by atoms with Crippen LogP contribution in [0.5, 0.6) is 0 Å². The summed E-state index contributed by atoms with van der Waals surface area (Å²) in [4.78, 5) is 12.4. The van der Waals surface area contributed by atoms with Crippen molar-refractivity contribution in [1.82, 2.24) is 5.32 Å². The molecule has 132 valence electrons. The fraction of sp³-hybridized carbons (Fsp3) is 0.381. The Kier molecular flexibility index (Phi) is 5.77. The predicted molar refractivity (Wildman–Crippen MR) is 101 cm³/mol. The van der Waals surface area contributed by atoms with Crippen LogP contribution in [-0.2, 0) is 22.7 Å². The van der Waals surface area contributed by atoms with E-state index in [1.165, 1.54) is 0 Å². The number of hydrogen-bond acceptors (Lipinski definition) is 2. The van der Waals surface area contributed by atoms with E-state index in [0.717, 1.165) is 28.1 Å². The standard InChI is InChI=1S/C21H24ClNO2/c1-14(2)25-13-16-7-5-6-15(10-16)12-23-21(24)19-11-18(19)17-8-3-4-9-20(17)22/h3-10,14,18-19H,11-13H2,1-2H3,(H,23,24). The number of hydrogen-bond donors (Lipinski definition) is 1. The molecular weight excluding hydrogens is 334 g/mol. The second-order valence-electron chi connectivity index (χ2n) is 6.87. The fourth-order valence-corrected chi connectivity index (χ4v) is 3.29. The Morgan fingerprint density at radius 3 is 2.72 bits per heavy atom. The van der Waals surface area contributed by atoms with Crippen LogP contribution >= 0.6 is 11.6 Å². The quantitative estimate of drug-likeness (QED) is 0.781. The molecule has 0 spiro atoms. The van der Waals surface area contributed by atoms with E-state index in [-0.39, 0.29) is 23.8 Å². The van der Waals surface area contributed by atoms with Crippen molar-refractivity contribution in [2.24, 2.45) is 5.92 Å². The van der Waals surface area contributed by atoms with Crippen LogP contribution in [0.3, 0.4) is 0 Å². The summed E-state index contributed by atoms with van der Waals surface area (Å²) in [7, 11) is 0. The van der Waals surface area contributed by atoms with Gasteiger partial charge in [-0.3, -0.25) is 4.79 Å². The highest BCUT2D eigenvalue weighted by atomic mass is 35.5. The van der Waals surface area contributed by atoms with Crippen LogP contribution in [-0.4, -0.2) is 12.0 Å². The Morgan fingerprint density at radius 1 is 1.20 bits per heavy atom. The molecule has 1 amide bonds. The van der Waals surface area contributed by atoms with Crippen LogP contribution in [0, 0.1) is 5.92 Å². The zero-order valence-electron chi connectivity index (χ0n) is 14.7. The average molecular weight is 358 g/mol. The summed E-state index contributed by atoms with van der Waals surface area (Å²) in [6.07, 6.45) is 1.08. The van der Waals surface area contributed by atoms with E-state index in [4.69, 9.17) is 16.3 Å². The maximum atomic E-state index is 12.4. The van der Waals surface area contributed by atoms with E-state index in [9.17, 15) is 4.79 Å². The number of halogens is 1. The first-order chi connectivity index (χ1) is 12.0. The third-order valence-electron chi connectivity index (χ3n) is 4.47. The molecule has 3 nitrogen and oxygen atoms in total. The van der Waals surface area contributed by atoms with Crippen molar-refractivity contribution in [2.75, 3.05) is 0 Å². The lowest BCUT2D eigenvalue weighted by atomic mass is 10.1. The monoisotopic (exact) mass is 357 g/mol. The molecule has 1 N–H and O–H groups in total. The van der Waals surface area contributed by atoms with Gasteiger partial charge in [0.2, 0.25) is 5.91 Å². The van der Waals surface area contributed by atoms with Crippen LogP contribution in [0.15, 0.2) is 48.5 Å². The first-order valence-corrected chi connectivity index (χ1v) is 9.14. The molecule has 0 bridgehead atoms. The van der Waals surface area contributed by atoms with Crippen LogP contribution in [0.1, 0.15) is 42.9 Å². The molecule has 0 heterocycles. The van der Waals surface area contributed by atoms with Gasteiger partial charge in [-0.2, -0.15) is 0 Å². The van der Waals surface area contributed by atoms with Crippen molar-refractivity contribution in [3.8, 4) is 0 Å². The number of ether oxygens (including phenoxy) is 1. The van der Waals surface area contributed by atoms with Gasteiger partial charge >= 0.3 is 0 Å². The topological polar surface area (TPSA) is 38.3 Å². The van der Waals surface area contributed by atoms with Gasteiger partial charge in [-0.05, 0) is 48.9 Å². The molecule has 2 aromatic carbocycles. The maximum Gasteiger partial charge on any atom is 0.224 e. The van der Waals surface area contributed by atoms with E-state index in [1.54, 1.807) is 0 Å². The molecule has 1 saturated carbocycles. The number of rotatable bonds is 7.